The van der Waals surface area contributed by atoms with Crippen LogP contribution in [0.25, 0.3) is 11.0 Å². The number of hydrogen-bond acceptors (Lipinski definition) is 2. The van der Waals surface area contributed by atoms with Crippen LogP contribution >= 0.6 is 12.6 Å². The predicted octanol–water partition coefficient (Wildman–Crippen LogP) is 2.49. The van der Waals surface area contributed by atoms with Crippen LogP contribution in [0.15, 0.2) is 24.3 Å². The zero-order valence-corrected chi connectivity index (χ0v) is 8.46. The minimum atomic E-state index is 0.697. The normalized spacial score (nSPS) is 10.9. The van der Waals surface area contributed by atoms with Crippen LogP contribution in [-0.4, -0.2) is 9.55 Å². The standard InChI is InChI=1S/C10H12N2S/c1-2-12-9-6-4-3-5-8(9)11-10(12)7-13/h3-6,13H,2,7H2,1H3. The summed E-state index contributed by atoms with van der Waals surface area (Å²) in [5.41, 5.74) is 2.27. The summed E-state index contributed by atoms with van der Waals surface area (Å²) in [5, 5.41) is 0. The molecule has 0 aliphatic carbocycles. The molecule has 0 fully saturated rings. The van der Waals surface area contributed by atoms with E-state index in [4.69, 9.17) is 0 Å². The highest BCUT2D eigenvalue weighted by Crippen LogP contribution is 2.16. The molecule has 1 aromatic carbocycles. The third-order valence-electron chi connectivity index (χ3n) is 2.19. The van der Waals surface area contributed by atoms with Gasteiger partial charge in [-0.25, -0.2) is 4.98 Å². The molecule has 0 spiro atoms. The van der Waals surface area contributed by atoms with E-state index < -0.39 is 0 Å². The monoisotopic (exact) mass is 192 g/mol. The zero-order chi connectivity index (χ0) is 9.26. The summed E-state index contributed by atoms with van der Waals surface area (Å²) >= 11 is 4.26. The molecule has 13 heavy (non-hydrogen) atoms. The van der Waals surface area contributed by atoms with Crippen molar-refractivity contribution in [1.29, 1.82) is 0 Å². The minimum Gasteiger partial charge on any atom is -0.328 e. The van der Waals surface area contributed by atoms with E-state index in [1.165, 1.54) is 5.52 Å². The minimum absolute atomic E-state index is 0.697. The van der Waals surface area contributed by atoms with Crippen LogP contribution in [0, 0.1) is 0 Å². The van der Waals surface area contributed by atoms with Crippen LogP contribution in [0.2, 0.25) is 0 Å². The van der Waals surface area contributed by atoms with Crippen LogP contribution in [0.4, 0.5) is 0 Å². The van der Waals surface area contributed by atoms with E-state index in [1.807, 2.05) is 18.2 Å². The maximum atomic E-state index is 4.49. The van der Waals surface area contributed by atoms with E-state index in [-0.39, 0.29) is 0 Å². The van der Waals surface area contributed by atoms with Crippen molar-refractivity contribution in [2.75, 3.05) is 0 Å². The lowest BCUT2D eigenvalue weighted by Crippen LogP contribution is -1.98. The van der Waals surface area contributed by atoms with Gasteiger partial charge in [0.2, 0.25) is 0 Å². The van der Waals surface area contributed by atoms with Gasteiger partial charge in [-0.2, -0.15) is 12.6 Å². The SMILES string of the molecule is CCn1c(CS)nc2ccccc21. The van der Waals surface area contributed by atoms with Gasteiger partial charge in [-0.3, -0.25) is 0 Å². The van der Waals surface area contributed by atoms with Crippen LogP contribution in [0.5, 0.6) is 0 Å². The molecule has 0 bridgehead atoms. The zero-order valence-electron chi connectivity index (χ0n) is 7.57. The Bertz CT molecular complexity index is 420. The summed E-state index contributed by atoms with van der Waals surface area (Å²) in [6, 6.07) is 8.18. The Labute approximate surface area is 83.0 Å². The van der Waals surface area contributed by atoms with Gasteiger partial charge >= 0.3 is 0 Å². The van der Waals surface area contributed by atoms with Crippen molar-refractivity contribution in [2.24, 2.45) is 0 Å². The molecule has 3 heteroatoms. The van der Waals surface area contributed by atoms with Crippen molar-refractivity contribution in [3.63, 3.8) is 0 Å². The third-order valence-corrected chi connectivity index (χ3v) is 2.47. The number of hydrogen-bond donors (Lipinski definition) is 1. The van der Waals surface area contributed by atoms with Gasteiger partial charge in [0.1, 0.15) is 5.82 Å². The van der Waals surface area contributed by atoms with E-state index >= 15 is 0 Å². The quantitative estimate of drug-likeness (QED) is 0.724. The fourth-order valence-electron chi connectivity index (χ4n) is 1.60. The number of fused-ring (bicyclic) bond motifs is 1. The fourth-order valence-corrected chi connectivity index (χ4v) is 1.84. The lowest BCUT2D eigenvalue weighted by Gasteiger charge is -2.02. The van der Waals surface area contributed by atoms with Crippen molar-refractivity contribution in [2.45, 2.75) is 19.2 Å². The van der Waals surface area contributed by atoms with E-state index in [0.717, 1.165) is 17.9 Å². The molecule has 1 heterocycles. The maximum absolute atomic E-state index is 4.49. The first-order chi connectivity index (χ1) is 6.36. The third kappa shape index (κ3) is 1.33. The average molecular weight is 192 g/mol. The summed E-state index contributed by atoms with van der Waals surface area (Å²) in [4.78, 5) is 4.49. The van der Waals surface area contributed by atoms with Gasteiger partial charge in [0.25, 0.3) is 0 Å². The number of benzene rings is 1. The van der Waals surface area contributed by atoms with Gasteiger partial charge < -0.3 is 4.57 Å². The molecule has 0 unspecified atom stereocenters. The first-order valence-corrected chi connectivity index (χ1v) is 5.05. The highest BCUT2D eigenvalue weighted by molar-refractivity contribution is 7.79. The van der Waals surface area contributed by atoms with E-state index in [2.05, 4.69) is 35.2 Å². The molecule has 0 N–H and O–H groups in total. The van der Waals surface area contributed by atoms with Crippen molar-refractivity contribution in [3.8, 4) is 0 Å². The average Bonchev–Trinajstić information content (AvgIpc) is 2.55. The van der Waals surface area contributed by atoms with Crippen molar-refractivity contribution in [3.05, 3.63) is 30.1 Å². The molecular weight excluding hydrogens is 180 g/mol. The smallest absolute Gasteiger partial charge is 0.119 e. The predicted molar refractivity (Wildman–Crippen MR) is 58.1 cm³/mol. The molecule has 0 saturated carbocycles. The topological polar surface area (TPSA) is 17.8 Å². The Morgan fingerprint density at radius 1 is 1.38 bits per heavy atom. The van der Waals surface area contributed by atoms with Gasteiger partial charge in [0.05, 0.1) is 11.0 Å². The van der Waals surface area contributed by atoms with Crippen LogP contribution in [-0.2, 0) is 12.3 Å². The maximum Gasteiger partial charge on any atom is 0.119 e. The summed E-state index contributed by atoms with van der Waals surface area (Å²) in [5.74, 6) is 1.75. The van der Waals surface area contributed by atoms with Gasteiger partial charge in [-0.15, -0.1) is 0 Å². The fraction of sp³-hybridized carbons (Fsp3) is 0.300. The van der Waals surface area contributed by atoms with Gasteiger partial charge in [0.15, 0.2) is 0 Å². The Kier molecular flexibility index (Phi) is 2.27. The Morgan fingerprint density at radius 2 is 2.15 bits per heavy atom. The second-order valence-electron chi connectivity index (χ2n) is 2.92. The number of aromatic nitrogens is 2. The molecule has 0 radical (unpaired) electrons. The lowest BCUT2D eigenvalue weighted by atomic mass is 10.3. The number of thiol groups is 1. The number of rotatable bonds is 2. The van der Waals surface area contributed by atoms with Gasteiger partial charge in [-0.05, 0) is 19.1 Å². The summed E-state index contributed by atoms with van der Waals surface area (Å²) in [6.07, 6.45) is 0. The van der Waals surface area contributed by atoms with Crippen LogP contribution < -0.4 is 0 Å². The number of imidazole rings is 1. The highest BCUT2D eigenvalue weighted by atomic mass is 32.1. The second-order valence-corrected chi connectivity index (χ2v) is 3.24. The molecule has 2 nitrogen and oxygen atoms in total. The second kappa shape index (κ2) is 3.42. The van der Waals surface area contributed by atoms with E-state index in [0.29, 0.717) is 5.75 Å². The first kappa shape index (κ1) is 8.63. The number of nitrogens with zero attached hydrogens (tertiary/aromatic N) is 2. The molecule has 0 aliphatic rings. The van der Waals surface area contributed by atoms with E-state index in [9.17, 15) is 0 Å². The molecule has 0 aliphatic heterocycles. The molecule has 2 rings (SSSR count). The van der Waals surface area contributed by atoms with E-state index in [1.54, 1.807) is 0 Å². The highest BCUT2D eigenvalue weighted by Gasteiger charge is 2.05. The van der Waals surface area contributed by atoms with Crippen LogP contribution in [0.3, 0.4) is 0 Å². The molecule has 0 atom stereocenters. The summed E-state index contributed by atoms with van der Waals surface area (Å²) in [6.45, 7) is 3.08. The van der Waals surface area contributed by atoms with Crippen molar-refractivity contribution >= 4 is 23.7 Å². The Hall–Kier alpha value is -0.960. The van der Waals surface area contributed by atoms with Crippen molar-refractivity contribution in [1.82, 2.24) is 9.55 Å². The molecule has 0 amide bonds. The molecule has 1 aromatic heterocycles. The largest absolute Gasteiger partial charge is 0.328 e. The van der Waals surface area contributed by atoms with Gasteiger partial charge in [0, 0.05) is 12.3 Å². The molecule has 68 valence electrons. The first-order valence-electron chi connectivity index (χ1n) is 4.41. The Morgan fingerprint density at radius 3 is 2.85 bits per heavy atom. The lowest BCUT2D eigenvalue weighted by molar-refractivity contribution is 0.749. The number of para-hydroxylation sites is 2. The molecule has 2 aromatic rings. The Balaban J connectivity index is 2.73. The van der Waals surface area contributed by atoms with Crippen molar-refractivity contribution < 1.29 is 0 Å². The summed E-state index contributed by atoms with van der Waals surface area (Å²) < 4.78 is 2.20. The molecule has 0 saturated heterocycles. The van der Waals surface area contributed by atoms with Crippen LogP contribution in [0.1, 0.15) is 12.7 Å². The number of aryl methyl sites for hydroxylation is 1. The summed E-state index contributed by atoms with van der Waals surface area (Å²) in [7, 11) is 0. The molecular formula is C10H12N2S. The van der Waals surface area contributed by atoms with Gasteiger partial charge in [-0.1, -0.05) is 12.1 Å².